The maximum Gasteiger partial charge on any atom is 0.256 e. The fourth-order valence-electron chi connectivity index (χ4n) is 2.70. The van der Waals surface area contributed by atoms with Crippen molar-refractivity contribution in [2.24, 2.45) is 0 Å². The highest BCUT2D eigenvalue weighted by molar-refractivity contribution is 7.38. The lowest BCUT2D eigenvalue weighted by Crippen LogP contribution is -2.03. The van der Waals surface area contributed by atoms with Crippen molar-refractivity contribution in [1.29, 1.82) is 0 Å². The molecule has 21 heavy (non-hydrogen) atoms. The molecule has 0 radical (unpaired) electrons. The van der Waals surface area contributed by atoms with E-state index in [1.807, 2.05) is 12.1 Å². The molecule has 4 rings (SSSR count). The number of nitrogens with one attached hydrogen (secondary N) is 1. The van der Waals surface area contributed by atoms with Crippen LogP contribution in [0.1, 0.15) is 21.6 Å². The van der Waals surface area contributed by atoms with Gasteiger partial charge in [0.05, 0.1) is 21.5 Å². The second kappa shape index (κ2) is 4.51. The second-order valence-electron chi connectivity index (χ2n) is 5.11. The van der Waals surface area contributed by atoms with Gasteiger partial charge in [0.25, 0.3) is 5.91 Å². The molecule has 1 aliphatic rings. The third kappa shape index (κ3) is 1.85. The first-order valence-electron chi connectivity index (χ1n) is 6.60. The first-order chi connectivity index (χ1) is 10.1. The van der Waals surface area contributed by atoms with Gasteiger partial charge in [0.2, 0.25) is 0 Å². The molecule has 0 bridgehead atoms. The Bertz CT molecular complexity index is 918. The molecule has 1 amide bonds. The number of fused-ring (bicyclic) bond motifs is 2. The minimum absolute atomic E-state index is 0.0501. The summed E-state index contributed by atoms with van der Waals surface area (Å²) in [5.74, 6) is -0.0501. The van der Waals surface area contributed by atoms with Crippen LogP contribution in [-0.2, 0) is 4.79 Å². The molecule has 1 aliphatic heterocycles. The van der Waals surface area contributed by atoms with Gasteiger partial charge in [-0.3, -0.25) is 9.78 Å². The summed E-state index contributed by atoms with van der Waals surface area (Å²) in [5.41, 5.74) is 5.02. The molecule has 0 aliphatic carbocycles. The zero-order valence-electron chi connectivity index (χ0n) is 11.6. The molecular formula is C16H12N2OS2. The quantitative estimate of drug-likeness (QED) is 0.674. The largest absolute Gasteiger partial charge is 0.320 e. The number of hydrogen-bond donors (Lipinski definition) is 1. The van der Waals surface area contributed by atoms with E-state index in [0.717, 1.165) is 21.7 Å². The number of thiophene rings is 2. The number of aromatic nitrogens is 1. The molecule has 0 spiro atoms. The van der Waals surface area contributed by atoms with E-state index in [4.69, 9.17) is 0 Å². The first kappa shape index (κ1) is 12.7. The van der Waals surface area contributed by atoms with Crippen LogP contribution in [0.4, 0.5) is 5.69 Å². The number of rotatable bonds is 1. The lowest BCUT2D eigenvalue weighted by molar-refractivity contribution is -0.110. The normalized spacial score (nSPS) is 15.7. The van der Waals surface area contributed by atoms with E-state index in [2.05, 4.69) is 29.5 Å². The maximum atomic E-state index is 12.2. The molecule has 0 unspecified atom stereocenters. The van der Waals surface area contributed by atoms with Crippen molar-refractivity contribution in [3.05, 3.63) is 45.4 Å². The Morgan fingerprint density at radius 1 is 1.33 bits per heavy atom. The van der Waals surface area contributed by atoms with Gasteiger partial charge in [-0.05, 0) is 42.5 Å². The Morgan fingerprint density at radius 2 is 2.19 bits per heavy atom. The van der Waals surface area contributed by atoms with Crippen LogP contribution >= 0.6 is 22.7 Å². The van der Waals surface area contributed by atoms with Crippen molar-refractivity contribution in [2.45, 2.75) is 13.8 Å². The van der Waals surface area contributed by atoms with Crippen molar-refractivity contribution in [3.8, 4) is 0 Å². The Kier molecular flexibility index (Phi) is 2.74. The van der Waals surface area contributed by atoms with Gasteiger partial charge in [0.15, 0.2) is 0 Å². The summed E-state index contributed by atoms with van der Waals surface area (Å²) in [5, 5.41) is 6.39. The highest BCUT2D eigenvalue weighted by atomic mass is 32.2. The van der Waals surface area contributed by atoms with Crippen LogP contribution < -0.4 is 5.32 Å². The van der Waals surface area contributed by atoms with Crippen LogP contribution in [0.15, 0.2) is 23.8 Å². The maximum absolute atomic E-state index is 12.2. The number of carbonyl (C=O) groups excluding carboxylic acids is 1. The van der Waals surface area contributed by atoms with Crippen LogP contribution in [0.2, 0.25) is 0 Å². The van der Waals surface area contributed by atoms with E-state index >= 15 is 0 Å². The Hall–Kier alpha value is -1.98. The number of anilines is 1. The van der Waals surface area contributed by atoms with Gasteiger partial charge in [-0.1, -0.05) is 0 Å². The molecule has 104 valence electrons. The van der Waals surface area contributed by atoms with Crippen LogP contribution in [0.25, 0.3) is 21.0 Å². The lowest BCUT2D eigenvalue weighted by Gasteiger charge is -1.97. The van der Waals surface area contributed by atoms with Gasteiger partial charge in [0.1, 0.15) is 0 Å². The minimum atomic E-state index is -0.0501. The highest BCUT2D eigenvalue weighted by Crippen LogP contribution is 2.40. The molecule has 3 aromatic rings. The number of carbonyl (C=O) groups is 1. The zero-order chi connectivity index (χ0) is 14.6. The molecule has 5 heteroatoms. The summed E-state index contributed by atoms with van der Waals surface area (Å²) in [6.07, 6.45) is 5.42. The molecule has 1 N–H and O–H groups in total. The monoisotopic (exact) mass is 312 g/mol. The molecule has 4 heterocycles. The van der Waals surface area contributed by atoms with Crippen LogP contribution in [-0.4, -0.2) is 10.9 Å². The average molecular weight is 312 g/mol. The zero-order valence-corrected chi connectivity index (χ0v) is 13.2. The fourth-order valence-corrected chi connectivity index (χ4v) is 5.18. The molecule has 0 aromatic carbocycles. The van der Waals surface area contributed by atoms with E-state index in [-0.39, 0.29) is 5.91 Å². The standard InChI is InChI=1S/C16H12N2OS2/c1-8-7-20-16-14(8)9(2)13(21-16)5-11-10-3-4-17-6-12(10)18-15(11)19/h3-7H,1-2H3,(H,18,19). The van der Waals surface area contributed by atoms with Crippen molar-refractivity contribution in [1.82, 2.24) is 4.98 Å². The van der Waals surface area contributed by atoms with Crippen molar-refractivity contribution < 1.29 is 4.79 Å². The number of pyridine rings is 1. The lowest BCUT2D eigenvalue weighted by atomic mass is 10.1. The predicted octanol–water partition coefficient (Wildman–Crippen LogP) is 4.47. The molecule has 0 fully saturated rings. The van der Waals surface area contributed by atoms with Crippen molar-refractivity contribution >= 4 is 55.3 Å². The minimum Gasteiger partial charge on any atom is -0.320 e. The average Bonchev–Trinajstić information content (AvgIpc) is 3.08. The molecule has 0 saturated heterocycles. The van der Waals surface area contributed by atoms with E-state index < -0.39 is 0 Å². The van der Waals surface area contributed by atoms with Gasteiger partial charge in [-0.15, -0.1) is 22.7 Å². The third-order valence-electron chi connectivity index (χ3n) is 3.77. The number of amides is 1. The Balaban J connectivity index is 1.90. The second-order valence-corrected chi connectivity index (χ2v) is 7.30. The SMILES string of the molecule is Cc1csc2sc(C=C3C(=O)Nc4cnccc43)c(C)c12. The molecule has 0 atom stereocenters. The van der Waals surface area contributed by atoms with E-state index in [1.165, 1.54) is 20.5 Å². The Labute approximate surface area is 130 Å². The topological polar surface area (TPSA) is 42.0 Å². The highest BCUT2D eigenvalue weighted by Gasteiger charge is 2.24. The predicted molar refractivity (Wildman–Crippen MR) is 89.9 cm³/mol. The number of hydrogen-bond acceptors (Lipinski definition) is 4. The Morgan fingerprint density at radius 3 is 3.00 bits per heavy atom. The molecule has 3 nitrogen and oxygen atoms in total. The summed E-state index contributed by atoms with van der Waals surface area (Å²) in [6.45, 7) is 4.27. The smallest absolute Gasteiger partial charge is 0.256 e. The van der Waals surface area contributed by atoms with Crippen LogP contribution in [0.5, 0.6) is 0 Å². The number of aryl methyl sites for hydroxylation is 2. The fraction of sp³-hybridized carbons (Fsp3) is 0.125. The van der Waals surface area contributed by atoms with Gasteiger partial charge in [-0.2, -0.15) is 0 Å². The molecule has 0 saturated carbocycles. The van der Waals surface area contributed by atoms with Crippen molar-refractivity contribution in [3.63, 3.8) is 0 Å². The first-order valence-corrected chi connectivity index (χ1v) is 8.29. The van der Waals surface area contributed by atoms with E-state index in [0.29, 0.717) is 0 Å². The summed E-state index contributed by atoms with van der Waals surface area (Å²) in [7, 11) is 0. The van der Waals surface area contributed by atoms with Crippen LogP contribution in [0.3, 0.4) is 0 Å². The molecular weight excluding hydrogens is 300 g/mol. The molecule has 3 aromatic heterocycles. The summed E-state index contributed by atoms with van der Waals surface area (Å²) >= 11 is 3.53. The third-order valence-corrected chi connectivity index (χ3v) is 6.23. The van der Waals surface area contributed by atoms with Gasteiger partial charge < -0.3 is 5.32 Å². The van der Waals surface area contributed by atoms with Gasteiger partial charge >= 0.3 is 0 Å². The van der Waals surface area contributed by atoms with Crippen LogP contribution in [0, 0.1) is 13.8 Å². The summed E-state index contributed by atoms with van der Waals surface area (Å²) < 4.78 is 1.32. The van der Waals surface area contributed by atoms with Gasteiger partial charge in [0, 0.05) is 22.0 Å². The van der Waals surface area contributed by atoms with E-state index in [1.54, 1.807) is 35.1 Å². The summed E-state index contributed by atoms with van der Waals surface area (Å²) in [6, 6.07) is 1.88. The van der Waals surface area contributed by atoms with Crippen molar-refractivity contribution in [2.75, 3.05) is 5.32 Å². The van der Waals surface area contributed by atoms with Gasteiger partial charge in [-0.25, -0.2) is 0 Å². The summed E-state index contributed by atoms with van der Waals surface area (Å²) in [4.78, 5) is 17.4. The van der Waals surface area contributed by atoms with E-state index in [9.17, 15) is 4.79 Å². The number of nitrogens with zero attached hydrogens (tertiary/aromatic N) is 1.